The monoisotopic (exact) mass is 1440 g/mol. The van der Waals surface area contributed by atoms with Gasteiger partial charge >= 0.3 is 0 Å². The molecule has 7 rings (SSSR count). The third-order valence-electron chi connectivity index (χ3n) is 15.6. The van der Waals surface area contributed by atoms with E-state index in [2.05, 4.69) is 234 Å². The average molecular weight is 1440 g/mol. The zero-order valence-electron chi connectivity index (χ0n) is 57.1. The topological polar surface area (TPSA) is 83.1 Å². The Hall–Kier alpha value is -0.120. The van der Waals surface area contributed by atoms with Crippen molar-refractivity contribution in [2.45, 2.75) is 296 Å². The van der Waals surface area contributed by atoms with Gasteiger partial charge in [-0.2, -0.15) is 0 Å². The molecule has 18 heteroatoms. The summed E-state index contributed by atoms with van der Waals surface area (Å²) < 4.78 is 0. The van der Waals surface area contributed by atoms with E-state index in [1.165, 1.54) is 168 Å². The number of rotatable bonds is 48. The van der Waals surface area contributed by atoms with E-state index in [0.717, 1.165) is 180 Å². The van der Waals surface area contributed by atoms with E-state index in [1.807, 2.05) is 0 Å². The fourth-order valence-corrected chi connectivity index (χ4v) is 27.7. The van der Waals surface area contributed by atoms with E-state index in [9.17, 15) is 0 Å². The molecule has 0 saturated heterocycles. The van der Waals surface area contributed by atoms with Crippen molar-refractivity contribution in [2.24, 2.45) is 0 Å². The fourth-order valence-electron chi connectivity index (χ4n) is 10.3. The third kappa shape index (κ3) is 20.5. The van der Waals surface area contributed by atoms with E-state index >= 15 is 0 Å². The third-order valence-corrected chi connectivity index (χ3v) is 31.1. The number of unbranched alkanes of at least 4 members (excludes halogenated alkanes) is 12. The van der Waals surface area contributed by atoms with Gasteiger partial charge in [0.15, 0.2) is 11.6 Å². The Morgan fingerprint density at radius 2 is 0.367 bits per heavy atom. The highest BCUT2D eigenvalue weighted by molar-refractivity contribution is 8.06. The van der Waals surface area contributed by atoms with Gasteiger partial charge in [0.1, 0.15) is 22.6 Å². The first-order chi connectivity index (χ1) is 44.3. The normalized spacial score (nSPS) is 12.1. The zero-order valence-corrected chi connectivity index (χ0v) is 66.9. The van der Waals surface area contributed by atoms with Crippen LogP contribution in [0.3, 0.4) is 0 Å². The van der Waals surface area contributed by atoms with E-state index < -0.39 is 0 Å². The van der Waals surface area contributed by atoms with Gasteiger partial charge in [-0.3, -0.25) is 0 Å². The van der Waals surface area contributed by atoms with Gasteiger partial charge in [0.25, 0.3) is 0 Å². The van der Waals surface area contributed by atoms with Crippen molar-refractivity contribution in [3.05, 3.63) is 0 Å². The molecular weight excluding hydrogens is 1330 g/mol. The zero-order chi connectivity index (χ0) is 64.0. The van der Waals surface area contributed by atoms with Crippen LogP contribution in [0.15, 0.2) is 58.7 Å². The first kappa shape index (κ1) is 77.2. The van der Waals surface area contributed by atoms with Crippen LogP contribution in [-0.2, 0) is 0 Å². The van der Waals surface area contributed by atoms with Crippen LogP contribution in [0.5, 0.6) is 0 Å². The van der Waals surface area contributed by atoms with Crippen molar-refractivity contribution in [3.63, 3.8) is 0 Å². The molecule has 500 valence electrons. The standard InChI is InChI=1S/C72H110N6S12/c1-13-25-37-79-55-49-50(56(80-38-26-14-2)62(86-44-32-20-8)61(55)85-43-31-19-7)68-73-67(49)76-69-51-52(58(82-40-28-16-4)64(88-46-34-22-10)63(87-45-33-21-9)57(51)81-39-27-15-3)71(74-69)78-72-54-53(70(75-72)77-68)59(83-41-29-17-5)65(89-47-35-23-11)66(90-48-36-24-12)60(54)84-42-30-18-6/h13-48H2,1-12H3,(H2,73,74,75,76,77,78). The van der Waals surface area contributed by atoms with E-state index in [-0.39, 0.29) is 0 Å². The molecule has 0 unspecified atom stereocenters. The number of hydrogen-bond donors (Lipinski definition) is 2. The minimum atomic E-state index is 0.805. The number of thioether (sulfide) groups is 12. The second kappa shape index (κ2) is 43.3. The maximum Gasteiger partial charge on any atom is 0.165 e. The van der Waals surface area contributed by atoms with Crippen LogP contribution < -0.4 is 0 Å². The molecule has 0 radical (unpaired) electrons. The summed E-state index contributed by atoms with van der Waals surface area (Å²) in [6, 6.07) is 0. The maximum atomic E-state index is 6.23. The molecule has 0 aliphatic carbocycles. The van der Waals surface area contributed by atoms with E-state index in [4.69, 9.17) is 19.9 Å². The number of hydrogen-bond acceptors (Lipinski definition) is 16. The van der Waals surface area contributed by atoms with Gasteiger partial charge in [-0.05, 0) is 146 Å². The van der Waals surface area contributed by atoms with Crippen LogP contribution in [0, 0.1) is 0 Å². The predicted molar refractivity (Wildman–Crippen MR) is 426 cm³/mol. The number of nitrogens with zero attached hydrogens (tertiary/aromatic N) is 4. The van der Waals surface area contributed by atoms with Gasteiger partial charge in [0, 0.05) is 91.4 Å². The largest absolute Gasteiger partial charge is 0.324 e. The van der Waals surface area contributed by atoms with Gasteiger partial charge in [0.05, 0.1) is 0 Å². The molecule has 4 heterocycles. The van der Waals surface area contributed by atoms with Crippen LogP contribution in [-0.4, -0.2) is 98.9 Å². The molecule has 6 bridgehead atoms. The molecule has 1 aliphatic heterocycles. The summed E-state index contributed by atoms with van der Waals surface area (Å²) >= 11 is 25.2. The average Bonchev–Trinajstić information content (AvgIpc) is 1.54. The molecule has 0 spiro atoms. The van der Waals surface area contributed by atoms with Gasteiger partial charge in [-0.1, -0.05) is 160 Å². The van der Waals surface area contributed by atoms with Crippen molar-refractivity contribution >= 4 is 185 Å². The molecule has 6 aromatic rings. The predicted octanol–water partition coefficient (Wildman–Crippen LogP) is 28.0. The summed E-state index contributed by atoms with van der Waals surface area (Å²) in [6.45, 7) is 28.2. The van der Waals surface area contributed by atoms with Crippen molar-refractivity contribution < 1.29 is 0 Å². The van der Waals surface area contributed by atoms with Crippen molar-refractivity contribution in [1.82, 2.24) is 29.9 Å². The van der Waals surface area contributed by atoms with Crippen LogP contribution in [0.25, 0.3) is 66.9 Å². The smallest absolute Gasteiger partial charge is 0.165 e. The summed E-state index contributed by atoms with van der Waals surface area (Å²) in [5.41, 5.74) is 6.03. The second-order valence-corrected chi connectivity index (χ2v) is 36.6. The van der Waals surface area contributed by atoms with Crippen LogP contribution >= 0.6 is 141 Å². The molecule has 0 atom stereocenters. The summed E-state index contributed by atoms with van der Waals surface area (Å²) in [7, 11) is 0. The quantitative estimate of drug-likeness (QED) is 0.0280. The van der Waals surface area contributed by atoms with Gasteiger partial charge in [-0.15, -0.1) is 141 Å². The van der Waals surface area contributed by atoms with Crippen LogP contribution in [0.2, 0.25) is 0 Å². The van der Waals surface area contributed by atoms with Crippen LogP contribution in [0.4, 0.5) is 0 Å². The molecule has 2 N–H and O–H groups in total. The van der Waals surface area contributed by atoms with Crippen molar-refractivity contribution in [1.29, 1.82) is 0 Å². The Morgan fingerprint density at radius 3 is 0.567 bits per heavy atom. The summed E-state index contributed by atoms with van der Waals surface area (Å²) in [4.78, 5) is 50.1. The lowest BCUT2D eigenvalue weighted by molar-refractivity contribution is 0.884. The molecule has 1 aliphatic rings. The minimum absolute atomic E-state index is 0.805. The summed E-state index contributed by atoms with van der Waals surface area (Å²) in [5, 5.41) is 4.95. The lowest BCUT2D eigenvalue weighted by Crippen LogP contribution is -1.99. The Bertz CT molecular complexity index is 3020. The van der Waals surface area contributed by atoms with E-state index in [1.54, 1.807) is 0 Å². The molecular formula is C72H110N6S12. The molecule has 90 heavy (non-hydrogen) atoms. The van der Waals surface area contributed by atoms with Gasteiger partial charge < -0.3 is 9.97 Å². The number of nitrogens with one attached hydrogen (secondary N) is 2. The second-order valence-electron chi connectivity index (χ2n) is 23.4. The molecule has 0 fully saturated rings. The first-order valence-electron chi connectivity index (χ1n) is 35.2. The molecule has 6 nitrogen and oxygen atoms in total. The van der Waals surface area contributed by atoms with E-state index in [0.29, 0.717) is 0 Å². The Labute approximate surface area is 597 Å². The highest BCUT2D eigenvalue weighted by Gasteiger charge is 2.35. The molecule has 0 saturated carbocycles. The SMILES string of the molecule is CCCCSc1c(SCCCC)c(SCCCC)c2c(c1SCCCC)-c1nc-2nc2[nH]c(nc3[nH]c(n1)c1c(SCCCC)c(SCCCC)c(SCCCC)c(SCCCC)c31)c1c(SCCCC)c(SCCCC)c(SCCCC)c(SCCCC)c21. The van der Waals surface area contributed by atoms with Crippen molar-refractivity contribution in [2.75, 3.05) is 69.0 Å². The Kier molecular flexibility index (Phi) is 37.2. The number of aromatic nitrogens is 6. The van der Waals surface area contributed by atoms with Gasteiger partial charge in [0.2, 0.25) is 0 Å². The number of aromatic amines is 2. The highest BCUT2D eigenvalue weighted by Crippen LogP contribution is 2.58. The van der Waals surface area contributed by atoms with Crippen molar-refractivity contribution in [3.8, 4) is 22.8 Å². The summed E-state index contributed by atoms with van der Waals surface area (Å²) in [6.07, 6.45) is 28.0. The Balaban J connectivity index is 1.89. The first-order valence-corrected chi connectivity index (χ1v) is 47.0. The molecule has 0 amide bonds. The Morgan fingerprint density at radius 1 is 0.200 bits per heavy atom. The van der Waals surface area contributed by atoms with Crippen LogP contribution in [0.1, 0.15) is 237 Å². The summed E-state index contributed by atoms with van der Waals surface area (Å²) in [5.74, 6) is 14.5. The highest BCUT2D eigenvalue weighted by atomic mass is 32.2. The number of fused-ring (bicyclic) bond motifs is 15. The molecule has 3 aromatic heterocycles. The maximum absolute atomic E-state index is 6.23. The fraction of sp³-hybridized carbons (Fsp3) is 0.667. The van der Waals surface area contributed by atoms with Gasteiger partial charge in [-0.25, -0.2) is 19.9 Å². The lowest BCUT2D eigenvalue weighted by atomic mass is 10.1. The number of H-pyrrole nitrogens is 2. The number of benzene rings is 3. The molecule has 3 aromatic carbocycles. The lowest BCUT2D eigenvalue weighted by Gasteiger charge is -2.22. The minimum Gasteiger partial charge on any atom is -0.324 e.